The number of nitrogens with one attached hydrogen (secondary N) is 3. The fourth-order valence-corrected chi connectivity index (χ4v) is 3.20. The standard InChI is InChI=1S/C17H19ClN4O3/c18-13-3-1-2-10(4-13)7-19-16(24)11-5-14(15(23)6-11)22-17(25)12-8-20-21-9-12/h1-4,8-9,11,14-15,23H,5-7H2,(H,19,24)(H,20,21)(H,22,25)/t11-,14+,15+/m0/s1. The Balaban J connectivity index is 1.52. The highest BCUT2D eigenvalue weighted by Crippen LogP contribution is 2.26. The maximum Gasteiger partial charge on any atom is 0.254 e. The molecule has 1 heterocycles. The van der Waals surface area contributed by atoms with Gasteiger partial charge in [0.25, 0.3) is 5.91 Å². The molecule has 0 saturated heterocycles. The summed E-state index contributed by atoms with van der Waals surface area (Å²) in [6.45, 7) is 0.373. The monoisotopic (exact) mass is 362 g/mol. The topological polar surface area (TPSA) is 107 Å². The molecule has 0 bridgehead atoms. The molecule has 0 unspecified atom stereocenters. The van der Waals surface area contributed by atoms with E-state index in [1.807, 2.05) is 12.1 Å². The van der Waals surface area contributed by atoms with Crippen molar-refractivity contribution in [1.29, 1.82) is 0 Å². The van der Waals surface area contributed by atoms with E-state index in [-0.39, 0.29) is 17.7 Å². The molecule has 2 amide bonds. The molecule has 1 aliphatic carbocycles. The first-order chi connectivity index (χ1) is 12.0. The lowest BCUT2D eigenvalue weighted by Crippen LogP contribution is -2.40. The number of nitrogens with zero attached hydrogens (tertiary/aromatic N) is 1. The number of aliphatic hydroxyl groups excluding tert-OH is 1. The minimum absolute atomic E-state index is 0.140. The van der Waals surface area contributed by atoms with Crippen LogP contribution in [0.4, 0.5) is 0 Å². The van der Waals surface area contributed by atoms with Crippen molar-refractivity contribution in [1.82, 2.24) is 20.8 Å². The molecule has 3 atom stereocenters. The van der Waals surface area contributed by atoms with E-state index in [0.29, 0.717) is 30.0 Å². The molecule has 3 rings (SSSR count). The number of hydrogen-bond donors (Lipinski definition) is 4. The van der Waals surface area contributed by atoms with Crippen LogP contribution in [0.25, 0.3) is 0 Å². The van der Waals surface area contributed by atoms with Crippen LogP contribution < -0.4 is 10.6 Å². The van der Waals surface area contributed by atoms with Gasteiger partial charge >= 0.3 is 0 Å². The van der Waals surface area contributed by atoms with E-state index in [0.717, 1.165) is 5.56 Å². The number of rotatable bonds is 5. The molecule has 8 heteroatoms. The van der Waals surface area contributed by atoms with Crippen molar-refractivity contribution < 1.29 is 14.7 Å². The normalized spacial score (nSPS) is 22.6. The first-order valence-corrected chi connectivity index (χ1v) is 8.40. The lowest BCUT2D eigenvalue weighted by molar-refractivity contribution is -0.125. The van der Waals surface area contributed by atoms with E-state index in [2.05, 4.69) is 20.8 Å². The van der Waals surface area contributed by atoms with Crippen molar-refractivity contribution in [3.05, 3.63) is 52.8 Å². The molecule has 1 fully saturated rings. The van der Waals surface area contributed by atoms with E-state index in [4.69, 9.17) is 11.6 Å². The van der Waals surface area contributed by atoms with Crippen LogP contribution in [-0.4, -0.2) is 39.3 Å². The van der Waals surface area contributed by atoms with E-state index >= 15 is 0 Å². The van der Waals surface area contributed by atoms with Gasteiger partial charge in [0.15, 0.2) is 0 Å². The summed E-state index contributed by atoms with van der Waals surface area (Å²) in [4.78, 5) is 24.4. The highest BCUT2D eigenvalue weighted by atomic mass is 35.5. The van der Waals surface area contributed by atoms with Crippen LogP contribution in [0, 0.1) is 5.92 Å². The first-order valence-electron chi connectivity index (χ1n) is 8.03. The number of hydrogen-bond acceptors (Lipinski definition) is 4. The van der Waals surface area contributed by atoms with E-state index < -0.39 is 12.1 Å². The van der Waals surface area contributed by atoms with E-state index in [9.17, 15) is 14.7 Å². The van der Waals surface area contributed by atoms with Crippen LogP contribution in [0.3, 0.4) is 0 Å². The largest absolute Gasteiger partial charge is 0.391 e. The maximum atomic E-state index is 12.3. The molecule has 1 aliphatic rings. The highest BCUT2D eigenvalue weighted by Gasteiger charge is 2.37. The van der Waals surface area contributed by atoms with Gasteiger partial charge in [0, 0.05) is 23.7 Å². The molecule has 1 aromatic heterocycles. The van der Waals surface area contributed by atoms with Crippen molar-refractivity contribution >= 4 is 23.4 Å². The van der Waals surface area contributed by atoms with E-state index in [1.165, 1.54) is 12.4 Å². The third-order valence-electron chi connectivity index (χ3n) is 4.33. The molecule has 2 aromatic rings. The summed E-state index contributed by atoms with van der Waals surface area (Å²) in [5.41, 5.74) is 1.30. The lowest BCUT2D eigenvalue weighted by atomic mass is 10.1. The minimum atomic E-state index is -0.752. The Kier molecular flexibility index (Phi) is 5.35. The number of carbonyl (C=O) groups is 2. The van der Waals surface area contributed by atoms with Gasteiger partial charge < -0.3 is 15.7 Å². The van der Waals surface area contributed by atoms with Crippen LogP contribution >= 0.6 is 11.6 Å². The zero-order chi connectivity index (χ0) is 17.8. The minimum Gasteiger partial charge on any atom is -0.391 e. The van der Waals surface area contributed by atoms with Gasteiger partial charge in [0.05, 0.1) is 23.9 Å². The summed E-state index contributed by atoms with van der Waals surface area (Å²) in [6.07, 6.45) is 2.85. The smallest absolute Gasteiger partial charge is 0.254 e. The lowest BCUT2D eigenvalue weighted by Gasteiger charge is -2.15. The van der Waals surface area contributed by atoms with Gasteiger partial charge in [0.1, 0.15) is 0 Å². The zero-order valence-electron chi connectivity index (χ0n) is 13.4. The molecular weight excluding hydrogens is 344 g/mol. The molecule has 7 nitrogen and oxygen atoms in total. The van der Waals surface area contributed by atoms with Crippen molar-refractivity contribution in [2.45, 2.75) is 31.5 Å². The van der Waals surface area contributed by atoms with Crippen LogP contribution in [0.1, 0.15) is 28.8 Å². The number of aromatic nitrogens is 2. The summed E-state index contributed by atoms with van der Waals surface area (Å²) >= 11 is 5.92. The molecule has 1 aromatic carbocycles. The number of carbonyl (C=O) groups excluding carboxylic acids is 2. The van der Waals surface area contributed by atoms with Gasteiger partial charge in [-0.2, -0.15) is 5.10 Å². The van der Waals surface area contributed by atoms with Crippen molar-refractivity contribution in [2.75, 3.05) is 0 Å². The molecular formula is C17H19ClN4O3. The average molecular weight is 363 g/mol. The number of aliphatic hydroxyl groups is 1. The molecule has 4 N–H and O–H groups in total. The highest BCUT2D eigenvalue weighted by molar-refractivity contribution is 6.30. The summed E-state index contributed by atoms with van der Waals surface area (Å²) in [6, 6.07) is 6.81. The Morgan fingerprint density at radius 3 is 2.92 bits per heavy atom. The SMILES string of the molecule is O=C(N[C@@H]1C[C@H](C(=O)NCc2cccc(Cl)c2)C[C@H]1O)c1cn[nH]c1. The Labute approximate surface area is 149 Å². The number of benzene rings is 1. The maximum absolute atomic E-state index is 12.3. The first kappa shape index (κ1) is 17.4. The average Bonchev–Trinajstić information content (AvgIpc) is 3.23. The fraction of sp³-hybridized carbons (Fsp3) is 0.353. The number of halogens is 1. The quantitative estimate of drug-likeness (QED) is 0.642. The number of H-pyrrole nitrogens is 1. The second kappa shape index (κ2) is 7.67. The summed E-state index contributed by atoms with van der Waals surface area (Å²) in [5.74, 6) is -0.805. The number of amides is 2. The Morgan fingerprint density at radius 1 is 1.36 bits per heavy atom. The Morgan fingerprint density at radius 2 is 2.20 bits per heavy atom. The molecule has 0 radical (unpaired) electrons. The van der Waals surface area contributed by atoms with E-state index in [1.54, 1.807) is 12.1 Å². The second-order valence-electron chi connectivity index (χ2n) is 6.15. The summed E-state index contributed by atoms with van der Waals surface area (Å²) in [7, 11) is 0. The fourth-order valence-electron chi connectivity index (χ4n) is 2.99. The zero-order valence-corrected chi connectivity index (χ0v) is 14.2. The van der Waals surface area contributed by atoms with Crippen molar-refractivity contribution in [3.63, 3.8) is 0 Å². The van der Waals surface area contributed by atoms with Crippen molar-refractivity contribution in [3.8, 4) is 0 Å². The predicted molar refractivity (Wildman–Crippen MR) is 91.9 cm³/mol. The van der Waals surface area contributed by atoms with Crippen molar-refractivity contribution in [2.24, 2.45) is 5.92 Å². The van der Waals surface area contributed by atoms with Gasteiger partial charge in [-0.15, -0.1) is 0 Å². The third-order valence-corrected chi connectivity index (χ3v) is 4.57. The summed E-state index contributed by atoms with van der Waals surface area (Å²) in [5, 5.41) is 22.6. The third kappa shape index (κ3) is 4.37. The molecule has 0 spiro atoms. The van der Waals surface area contributed by atoms with Crippen LogP contribution in [0.15, 0.2) is 36.7 Å². The molecule has 0 aliphatic heterocycles. The van der Waals surface area contributed by atoms with Gasteiger partial charge in [0.2, 0.25) is 5.91 Å². The molecule has 1 saturated carbocycles. The second-order valence-corrected chi connectivity index (χ2v) is 6.59. The molecule has 132 valence electrons. The Bertz CT molecular complexity index is 750. The Hall–Kier alpha value is -2.38. The van der Waals surface area contributed by atoms with Crippen LogP contribution in [0.5, 0.6) is 0 Å². The summed E-state index contributed by atoms with van der Waals surface area (Å²) < 4.78 is 0. The van der Waals surface area contributed by atoms with Crippen LogP contribution in [-0.2, 0) is 11.3 Å². The van der Waals surface area contributed by atoms with Gasteiger partial charge in [-0.05, 0) is 30.5 Å². The van der Waals surface area contributed by atoms with Crippen LogP contribution in [0.2, 0.25) is 5.02 Å². The van der Waals surface area contributed by atoms with Gasteiger partial charge in [-0.25, -0.2) is 0 Å². The van der Waals surface area contributed by atoms with Gasteiger partial charge in [-0.1, -0.05) is 23.7 Å². The van der Waals surface area contributed by atoms with Gasteiger partial charge in [-0.3, -0.25) is 14.7 Å². The molecule has 25 heavy (non-hydrogen) atoms. The number of aromatic amines is 1. The predicted octanol–water partition coefficient (Wildman–Crippen LogP) is 1.25.